The van der Waals surface area contributed by atoms with Gasteiger partial charge in [0.05, 0.1) is 12.2 Å². The molecule has 0 aromatic rings. The predicted molar refractivity (Wildman–Crippen MR) is 74.8 cm³/mol. The zero-order valence-corrected chi connectivity index (χ0v) is 12.4. The summed E-state index contributed by atoms with van der Waals surface area (Å²) in [4.78, 5) is 23.0. The topological polar surface area (TPSA) is 102 Å². The van der Waals surface area contributed by atoms with E-state index in [1.165, 1.54) is 0 Å². The Morgan fingerprint density at radius 3 is 2.50 bits per heavy atom. The number of rotatable bonds is 6. The van der Waals surface area contributed by atoms with Gasteiger partial charge in [0, 0.05) is 6.54 Å². The smallest absolute Gasteiger partial charge is 0.332 e. The van der Waals surface area contributed by atoms with Crippen LogP contribution in [0, 0.1) is 5.92 Å². The first kappa shape index (κ1) is 16.9. The molecule has 1 unspecified atom stereocenters. The zero-order valence-electron chi connectivity index (χ0n) is 12.4. The number of aliphatic hydroxyl groups is 1. The molecule has 0 bridgehead atoms. The maximum absolute atomic E-state index is 11.7. The fourth-order valence-electron chi connectivity index (χ4n) is 2.50. The van der Waals surface area contributed by atoms with Crippen LogP contribution in [0.25, 0.3) is 0 Å². The van der Waals surface area contributed by atoms with E-state index in [9.17, 15) is 14.7 Å². The highest BCUT2D eigenvalue weighted by Crippen LogP contribution is 2.33. The maximum Gasteiger partial charge on any atom is 0.332 e. The van der Waals surface area contributed by atoms with Crippen LogP contribution >= 0.6 is 0 Å². The van der Waals surface area contributed by atoms with E-state index in [1.54, 1.807) is 6.92 Å². The van der Waals surface area contributed by atoms with Crippen molar-refractivity contribution in [3.8, 4) is 0 Å². The lowest BCUT2D eigenvalue weighted by Gasteiger charge is -2.36. The van der Waals surface area contributed by atoms with Crippen LogP contribution in [0.4, 0.5) is 0 Å². The van der Waals surface area contributed by atoms with Crippen molar-refractivity contribution in [1.29, 1.82) is 0 Å². The molecule has 6 heteroatoms. The van der Waals surface area contributed by atoms with Gasteiger partial charge in [-0.15, -0.1) is 0 Å². The number of amides is 1. The molecular formula is C14H26N2O4. The molecule has 0 spiro atoms. The second kappa shape index (κ2) is 7.59. The van der Waals surface area contributed by atoms with Crippen molar-refractivity contribution in [3.63, 3.8) is 0 Å². The van der Waals surface area contributed by atoms with Crippen molar-refractivity contribution >= 4 is 11.9 Å². The second-order valence-corrected chi connectivity index (χ2v) is 5.52. The van der Waals surface area contributed by atoms with Gasteiger partial charge in [0.15, 0.2) is 6.04 Å². The molecule has 0 aromatic carbocycles. The van der Waals surface area contributed by atoms with Crippen LogP contribution in [-0.4, -0.2) is 41.8 Å². The van der Waals surface area contributed by atoms with Crippen molar-refractivity contribution < 1.29 is 19.4 Å². The fraction of sp³-hybridized carbons (Fsp3) is 0.857. The number of carbonyl (C=O) groups is 2. The maximum atomic E-state index is 11.7. The highest BCUT2D eigenvalue weighted by atomic mass is 16.5. The summed E-state index contributed by atoms with van der Waals surface area (Å²) in [6.45, 7) is 4.12. The first-order valence-corrected chi connectivity index (χ1v) is 7.34. The average molecular weight is 286 g/mol. The van der Waals surface area contributed by atoms with E-state index in [0.717, 1.165) is 19.3 Å². The molecule has 1 amide bonds. The standard InChI is InChI=1S/C14H26N2O4/c1-3-10-5-7-14(19,8-6-10)9-16-12(17)11(15)13(18)20-4-2/h10-11,19H,3-9,15H2,1-2H3,(H,16,17). The molecule has 0 aromatic heterocycles. The Labute approximate surface area is 120 Å². The van der Waals surface area contributed by atoms with Gasteiger partial charge in [-0.1, -0.05) is 13.3 Å². The summed E-state index contributed by atoms with van der Waals surface area (Å²) < 4.78 is 4.68. The first-order valence-electron chi connectivity index (χ1n) is 7.34. The van der Waals surface area contributed by atoms with Gasteiger partial charge in [0.25, 0.3) is 0 Å². The van der Waals surface area contributed by atoms with Crippen LogP contribution < -0.4 is 11.1 Å². The molecular weight excluding hydrogens is 260 g/mol. The summed E-state index contributed by atoms with van der Waals surface area (Å²) in [6, 6.07) is -1.33. The van der Waals surface area contributed by atoms with Gasteiger partial charge in [-0.25, -0.2) is 4.79 Å². The minimum absolute atomic E-state index is 0.134. The molecule has 4 N–H and O–H groups in total. The van der Waals surface area contributed by atoms with Crippen molar-refractivity contribution in [2.24, 2.45) is 11.7 Å². The summed E-state index contributed by atoms with van der Waals surface area (Å²) in [7, 11) is 0. The SMILES string of the molecule is CCOC(=O)C(N)C(=O)NCC1(O)CCC(CC)CC1. The molecule has 0 aliphatic heterocycles. The van der Waals surface area contributed by atoms with Crippen LogP contribution in [0.5, 0.6) is 0 Å². The third kappa shape index (κ3) is 4.76. The highest BCUT2D eigenvalue weighted by Gasteiger charge is 2.34. The molecule has 20 heavy (non-hydrogen) atoms. The second-order valence-electron chi connectivity index (χ2n) is 5.52. The van der Waals surface area contributed by atoms with Crippen molar-refractivity contribution in [2.45, 2.75) is 57.6 Å². The Bertz CT molecular complexity index is 338. The minimum Gasteiger partial charge on any atom is -0.464 e. The van der Waals surface area contributed by atoms with Crippen LogP contribution in [-0.2, 0) is 14.3 Å². The largest absolute Gasteiger partial charge is 0.464 e. The summed E-state index contributed by atoms with van der Waals surface area (Å²) in [5.41, 5.74) is 4.60. The summed E-state index contributed by atoms with van der Waals surface area (Å²) >= 11 is 0. The predicted octanol–water partition coefficient (Wildman–Crippen LogP) is 0.324. The molecule has 1 aliphatic carbocycles. The Balaban J connectivity index is 2.39. The number of hydrogen-bond acceptors (Lipinski definition) is 5. The molecule has 1 saturated carbocycles. The van der Waals surface area contributed by atoms with Gasteiger partial charge >= 0.3 is 5.97 Å². The third-order valence-electron chi connectivity index (χ3n) is 4.03. The lowest BCUT2D eigenvalue weighted by molar-refractivity contribution is -0.148. The molecule has 0 radical (unpaired) electrons. The fourth-order valence-corrected chi connectivity index (χ4v) is 2.50. The van der Waals surface area contributed by atoms with Crippen molar-refractivity contribution in [1.82, 2.24) is 5.32 Å². The number of ether oxygens (including phenoxy) is 1. The molecule has 0 heterocycles. The van der Waals surface area contributed by atoms with E-state index >= 15 is 0 Å². The van der Waals surface area contributed by atoms with Crippen LogP contribution in [0.15, 0.2) is 0 Å². The van der Waals surface area contributed by atoms with Crippen molar-refractivity contribution in [2.75, 3.05) is 13.2 Å². The van der Waals surface area contributed by atoms with Gasteiger partial charge in [0.2, 0.25) is 5.91 Å². The van der Waals surface area contributed by atoms with Gasteiger partial charge in [-0.3, -0.25) is 4.79 Å². The highest BCUT2D eigenvalue weighted by molar-refractivity contribution is 6.01. The van der Waals surface area contributed by atoms with E-state index in [1.807, 2.05) is 0 Å². The number of hydrogen-bond donors (Lipinski definition) is 3. The number of nitrogens with one attached hydrogen (secondary N) is 1. The van der Waals surface area contributed by atoms with Crippen LogP contribution in [0.2, 0.25) is 0 Å². The van der Waals surface area contributed by atoms with E-state index < -0.39 is 23.5 Å². The van der Waals surface area contributed by atoms with E-state index in [-0.39, 0.29) is 13.2 Å². The Hall–Kier alpha value is -1.14. The Kier molecular flexibility index (Phi) is 6.42. The van der Waals surface area contributed by atoms with Gasteiger partial charge in [-0.05, 0) is 38.5 Å². The molecule has 1 fully saturated rings. The monoisotopic (exact) mass is 286 g/mol. The molecule has 116 valence electrons. The van der Waals surface area contributed by atoms with Gasteiger partial charge in [-0.2, -0.15) is 0 Å². The Morgan fingerprint density at radius 2 is 2.00 bits per heavy atom. The lowest BCUT2D eigenvalue weighted by Crippen LogP contribution is -2.52. The van der Waals surface area contributed by atoms with Crippen molar-refractivity contribution in [3.05, 3.63) is 0 Å². The van der Waals surface area contributed by atoms with E-state index in [2.05, 4.69) is 17.0 Å². The third-order valence-corrected chi connectivity index (χ3v) is 4.03. The molecule has 1 rings (SSSR count). The van der Waals surface area contributed by atoms with Gasteiger partial charge in [0.1, 0.15) is 0 Å². The molecule has 0 saturated heterocycles. The normalized spacial score (nSPS) is 27.7. The minimum atomic E-state index is -1.33. The van der Waals surface area contributed by atoms with E-state index in [0.29, 0.717) is 18.8 Å². The quantitative estimate of drug-likeness (QED) is 0.482. The van der Waals surface area contributed by atoms with Gasteiger partial charge < -0.3 is 20.9 Å². The molecule has 6 nitrogen and oxygen atoms in total. The van der Waals surface area contributed by atoms with E-state index in [4.69, 9.17) is 5.73 Å². The zero-order chi connectivity index (χ0) is 15.2. The first-order chi connectivity index (χ1) is 9.41. The van der Waals surface area contributed by atoms with Crippen LogP contribution in [0.1, 0.15) is 46.0 Å². The molecule has 1 aliphatic rings. The Morgan fingerprint density at radius 1 is 1.40 bits per heavy atom. The summed E-state index contributed by atoms with van der Waals surface area (Å²) in [6.07, 6.45) is 4.39. The summed E-state index contributed by atoms with van der Waals surface area (Å²) in [5, 5.41) is 12.9. The number of nitrogens with two attached hydrogens (primary N) is 1. The molecule has 1 atom stereocenters. The summed E-state index contributed by atoms with van der Waals surface area (Å²) in [5.74, 6) is -0.686. The average Bonchev–Trinajstić information content (AvgIpc) is 2.45. The lowest BCUT2D eigenvalue weighted by atomic mass is 9.78. The number of esters is 1. The van der Waals surface area contributed by atoms with Crippen LogP contribution in [0.3, 0.4) is 0 Å². The number of carbonyl (C=O) groups excluding carboxylic acids is 2.